The van der Waals surface area contributed by atoms with Crippen LogP contribution in [0.1, 0.15) is 27.4 Å². The molecule has 3 aromatic rings. The summed E-state index contributed by atoms with van der Waals surface area (Å²) in [6, 6.07) is 8.58. The monoisotopic (exact) mass is 495 g/mol. The second-order valence-electron chi connectivity index (χ2n) is 7.75. The highest BCUT2D eigenvalue weighted by molar-refractivity contribution is 6.42. The fraction of sp³-hybridized carbons (Fsp3) is 0.304. The lowest BCUT2D eigenvalue weighted by Crippen LogP contribution is -2.48. The molecule has 0 aliphatic carbocycles. The zero-order chi connectivity index (χ0) is 23.5. The highest BCUT2D eigenvalue weighted by Crippen LogP contribution is 2.25. The summed E-state index contributed by atoms with van der Waals surface area (Å²) in [6.45, 7) is 4.60. The Morgan fingerprint density at radius 1 is 1.09 bits per heavy atom. The number of halogens is 4. The number of ether oxygens (including phenoxy) is 1. The highest BCUT2D eigenvalue weighted by atomic mass is 35.5. The lowest BCUT2D eigenvalue weighted by atomic mass is 10.1. The molecule has 2 aromatic carbocycles. The molecule has 1 saturated heterocycles. The Balaban J connectivity index is 1.37. The maximum atomic E-state index is 13.9. The van der Waals surface area contributed by atoms with E-state index in [2.05, 4.69) is 10.1 Å². The molecule has 1 fully saturated rings. The fourth-order valence-electron chi connectivity index (χ4n) is 3.63. The van der Waals surface area contributed by atoms with Gasteiger partial charge in [-0.15, -0.1) is 0 Å². The minimum Gasteiger partial charge on any atom is -0.486 e. The van der Waals surface area contributed by atoms with Gasteiger partial charge < -0.3 is 14.2 Å². The van der Waals surface area contributed by atoms with Crippen LogP contribution in [0.2, 0.25) is 10.0 Å². The molecule has 33 heavy (non-hydrogen) atoms. The van der Waals surface area contributed by atoms with Gasteiger partial charge in [0.2, 0.25) is 0 Å². The Morgan fingerprint density at radius 3 is 2.55 bits per heavy atom. The standard InChI is InChI=1S/C23H21Cl2F2N3O3/c1-14-17(13-32-21-5-3-16(26)11-20(21)27)22(28-33-14)23(31)30-8-6-29(7-9-30)12-15-2-4-18(24)19(25)10-15/h2-5,10-11H,6-9,12-13H2,1H3. The minimum atomic E-state index is -0.824. The number of benzene rings is 2. The van der Waals surface area contributed by atoms with Crippen molar-refractivity contribution >= 4 is 29.1 Å². The van der Waals surface area contributed by atoms with Gasteiger partial charge in [-0.25, -0.2) is 8.78 Å². The number of amides is 1. The number of hydrogen-bond acceptors (Lipinski definition) is 5. The van der Waals surface area contributed by atoms with E-state index in [0.29, 0.717) is 54.1 Å². The summed E-state index contributed by atoms with van der Waals surface area (Å²) in [7, 11) is 0. The number of piperazine rings is 1. The predicted octanol–water partition coefficient (Wildman–Crippen LogP) is 5.11. The Hall–Kier alpha value is -2.68. The van der Waals surface area contributed by atoms with Crippen molar-refractivity contribution in [2.24, 2.45) is 0 Å². The van der Waals surface area contributed by atoms with E-state index in [9.17, 15) is 13.6 Å². The number of aromatic nitrogens is 1. The molecule has 2 heterocycles. The Morgan fingerprint density at radius 2 is 1.85 bits per heavy atom. The molecule has 1 aliphatic rings. The Bertz CT molecular complexity index is 1160. The Kier molecular flexibility index (Phi) is 7.17. The maximum Gasteiger partial charge on any atom is 0.276 e. The lowest BCUT2D eigenvalue weighted by molar-refractivity contribution is 0.0616. The first-order chi connectivity index (χ1) is 15.8. The summed E-state index contributed by atoms with van der Waals surface area (Å²) in [5, 5.41) is 4.93. The molecular formula is C23H21Cl2F2N3O3. The Labute approximate surface area is 199 Å². The van der Waals surface area contributed by atoms with Crippen LogP contribution in [0.15, 0.2) is 40.9 Å². The van der Waals surface area contributed by atoms with Crippen LogP contribution in [0.3, 0.4) is 0 Å². The third kappa shape index (κ3) is 5.46. The average Bonchev–Trinajstić information content (AvgIpc) is 3.16. The maximum absolute atomic E-state index is 13.9. The normalized spacial score (nSPS) is 14.5. The lowest BCUT2D eigenvalue weighted by Gasteiger charge is -2.34. The van der Waals surface area contributed by atoms with Gasteiger partial charge in [-0.1, -0.05) is 34.4 Å². The summed E-state index contributed by atoms with van der Waals surface area (Å²) in [6.07, 6.45) is 0. The molecule has 0 bridgehead atoms. The average molecular weight is 496 g/mol. The highest BCUT2D eigenvalue weighted by Gasteiger charge is 2.28. The van der Waals surface area contributed by atoms with Crippen LogP contribution >= 0.6 is 23.2 Å². The molecule has 1 aromatic heterocycles. The van der Waals surface area contributed by atoms with Gasteiger partial charge in [0.1, 0.15) is 18.2 Å². The van der Waals surface area contributed by atoms with Gasteiger partial charge in [0.25, 0.3) is 5.91 Å². The topological polar surface area (TPSA) is 58.8 Å². The molecule has 1 aliphatic heterocycles. The van der Waals surface area contributed by atoms with Crippen molar-refractivity contribution in [3.05, 3.63) is 80.7 Å². The van der Waals surface area contributed by atoms with Crippen LogP contribution in [0, 0.1) is 18.6 Å². The van der Waals surface area contributed by atoms with Crippen molar-refractivity contribution in [1.82, 2.24) is 15.0 Å². The molecule has 0 spiro atoms. The summed E-state index contributed by atoms with van der Waals surface area (Å²) in [5.74, 6) is -1.52. The molecule has 4 rings (SSSR count). The van der Waals surface area contributed by atoms with E-state index in [1.165, 1.54) is 6.07 Å². The van der Waals surface area contributed by atoms with Crippen LogP contribution in [-0.2, 0) is 13.2 Å². The number of carbonyl (C=O) groups is 1. The van der Waals surface area contributed by atoms with E-state index in [-0.39, 0.29) is 24.0 Å². The van der Waals surface area contributed by atoms with Gasteiger partial charge in [0.15, 0.2) is 17.3 Å². The number of hydrogen-bond donors (Lipinski definition) is 0. The zero-order valence-corrected chi connectivity index (χ0v) is 19.3. The van der Waals surface area contributed by atoms with Crippen molar-refractivity contribution in [3.8, 4) is 5.75 Å². The third-order valence-corrected chi connectivity index (χ3v) is 6.24. The van der Waals surface area contributed by atoms with E-state index in [4.69, 9.17) is 32.5 Å². The molecule has 6 nitrogen and oxygen atoms in total. The van der Waals surface area contributed by atoms with Crippen molar-refractivity contribution in [2.75, 3.05) is 26.2 Å². The van der Waals surface area contributed by atoms with E-state index < -0.39 is 11.6 Å². The molecule has 0 saturated carbocycles. The molecule has 1 amide bonds. The number of nitrogens with zero attached hydrogens (tertiary/aromatic N) is 3. The number of aryl methyl sites for hydroxylation is 1. The first-order valence-corrected chi connectivity index (χ1v) is 11.1. The van der Waals surface area contributed by atoms with Gasteiger partial charge in [0, 0.05) is 38.8 Å². The smallest absolute Gasteiger partial charge is 0.276 e. The van der Waals surface area contributed by atoms with Crippen molar-refractivity contribution in [2.45, 2.75) is 20.1 Å². The van der Waals surface area contributed by atoms with Gasteiger partial charge in [0.05, 0.1) is 15.6 Å². The van der Waals surface area contributed by atoms with E-state index in [1.54, 1.807) is 17.9 Å². The summed E-state index contributed by atoms with van der Waals surface area (Å²) >= 11 is 12.1. The fourth-order valence-corrected chi connectivity index (χ4v) is 3.95. The molecule has 0 N–H and O–H groups in total. The summed E-state index contributed by atoms with van der Waals surface area (Å²) in [4.78, 5) is 17.0. The zero-order valence-electron chi connectivity index (χ0n) is 17.8. The molecule has 0 radical (unpaired) electrons. The predicted molar refractivity (Wildman–Crippen MR) is 120 cm³/mol. The van der Waals surface area contributed by atoms with Crippen LogP contribution in [0.5, 0.6) is 5.75 Å². The first kappa shape index (κ1) is 23.5. The van der Waals surface area contributed by atoms with E-state index >= 15 is 0 Å². The largest absolute Gasteiger partial charge is 0.486 e. The SMILES string of the molecule is Cc1onc(C(=O)N2CCN(Cc3ccc(Cl)c(Cl)c3)CC2)c1COc1ccc(F)cc1F. The van der Waals surface area contributed by atoms with Crippen LogP contribution in [0.4, 0.5) is 8.78 Å². The molecular weight excluding hydrogens is 475 g/mol. The second kappa shape index (κ2) is 10.1. The number of rotatable bonds is 6. The molecule has 174 valence electrons. The summed E-state index contributed by atoms with van der Waals surface area (Å²) in [5.41, 5.74) is 1.61. The van der Waals surface area contributed by atoms with Crippen molar-refractivity contribution in [3.63, 3.8) is 0 Å². The van der Waals surface area contributed by atoms with Gasteiger partial charge in [-0.05, 0) is 36.8 Å². The van der Waals surface area contributed by atoms with Crippen molar-refractivity contribution in [1.29, 1.82) is 0 Å². The molecule has 0 unspecified atom stereocenters. The molecule has 10 heteroatoms. The quantitative estimate of drug-likeness (QED) is 0.475. The summed E-state index contributed by atoms with van der Waals surface area (Å²) < 4.78 is 37.6. The number of carbonyl (C=O) groups excluding carboxylic acids is 1. The third-order valence-electron chi connectivity index (χ3n) is 5.50. The van der Waals surface area contributed by atoms with Gasteiger partial charge in [-0.2, -0.15) is 0 Å². The van der Waals surface area contributed by atoms with E-state index in [0.717, 1.165) is 17.7 Å². The van der Waals surface area contributed by atoms with Crippen LogP contribution in [0.25, 0.3) is 0 Å². The van der Waals surface area contributed by atoms with Gasteiger partial charge in [-0.3, -0.25) is 9.69 Å². The molecule has 0 atom stereocenters. The minimum absolute atomic E-state index is 0.119. The van der Waals surface area contributed by atoms with Gasteiger partial charge >= 0.3 is 0 Å². The second-order valence-corrected chi connectivity index (χ2v) is 8.56. The van der Waals surface area contributed by atoms with E-state index in [1.807, 2.05) is 12.1 Å². The van der Waals surface area contributed by atoms with Crippen LogP contribution < -0.4 is 4.74 Å². The van der Waals surface area contributed by atoms with Crippen molar-refractivity contribution < 1.29 is 22.8 Å². The first-order valence-electron chi connectivity index (χ1n) is 10.3. The van der Waals surface area contributed by atoms with Crippen LogP contribution in [-0.4, -0.2) is 47.0 Å².